The predicted molar refractivity (Wildman–Crippen MR) is 53.2 cm³/mol. The van der Waals surface area contributed by atoms with Gasteiger partial charge < -0.3 is 0 Å². The molecular formula is C12H10N. The second-order valence-corrected chi connectivity index (χ2v) is 3.02. The molecule has 0 atom stereocenters. The Morgan fingerprint density at radius 2 is 1.92 bits per heavy atom. The van der Waals surface area contributed by atoms with Gasteiger partial charge in [0.15, 0.2) is 0 Å². The van der Waals surface area contributed by atoms with Crippen LogP contribution in [0.25, 0.3) is 11.3 Å². The molecule has 0 saturated heterocycles. The molecular weight excluding hydrogens is 158 g/mol. The molecule has 0 bridgehead atoms. The van der Waals surface area contributed by atoms with Crippen LogP contribution in [-0.4, -0.2) is 4.98 Å². The van der Waals surface area contributed by atoms with E-state index >= 15 is 0 Å². The summed E-state index contributed by atoms with van der Waals surface area (Å²) in [7, 11) is 0. The fraction of sp³-hybridized carbons (Fsp3) is 0.0833. The molecule has 1 radical (unpaired) electrons. The largest absolute Gasteiger partial charge is 0.246 e. The van der Waals surface area contributed by atoms with Crippen LogP contribution in [0, 0.1) is 13.1 Å². The minimum absolute atomic E-state index is 0.987. The van der Waals surface area contributed by atoms with Crippen LogP contribution in [0.15, 0.2) is 42.5 Å². The van der Waals surface area contributed by atoms with Crippen LogP contribution in [0.1, 0.15) is 5.56 Å². The molecule has 1 nitrogen and oxygen atoms in total. The summed E-state index contributed by atoms with van der Waals surface area (Å²) in [6.45, 7) is 2.05. The summed E-state index contributed by atoms with van der Waals surface area (Å²) >= 11 is 0. The van der Waals surface area contributed by atoms with E-state index in [1.54, 1.807) is 0 Å². The van der Waals surface area contributed by atoms with Gasteiger partial charge in [-0.1, -0.05) is 30.3 Å². The zero-order valence-corrected chi connectivity index (χ0v) is 7.49. The summed E-state index contributed by atoms with van der Waals surface area (Å²) in [6.07, 6.45) is 2.88. The average Bonchev–Trinajstić information content (AvgIpc) is 2.19. The van der Waals surface area contributed by atoms with E-state index in [2.05, 4.69) is 29.4 Å². The Bertz CT molecular complexity index is 393. The molecule has 2 aromatic rings. The topological polar surface area (TPSA) is 12.9 Å². The van der Waals surface area contributed by atoms with Crippen molar-refractivity contribution in [1.82, 2.24) is 4.98 Å². The van der Waals surface area contributed by atoms with Gasteiger partial charge in [0.2, 0.25) is 0 Å². The number of nitrogens with zero attached hydrogens (tertiary/aromatic N) is 1. The zero-order chi connectivity index (χ0) is 9.10. The first-order chi connectivity index (χ1) is 6.36. The number of benzene rings is 1. The number of rotatable bonds is 1. The van der Waals surface area contributed by atoms with Gasteiger partial charge >= 0.3 is 0 Å². The third-order valence-corrected chi connectivity index (χ3v) is 1.91. The van der Waals surface area contributed by atoms with Crippen LogP contribution in [0.5, 0.6) is 0 Å². The van der Waals surface area contributed by atoms with Gasteiger partial charge in [0, 0.05) is 5.56 Å². The first-order valence-electron chi connectivity index (χ1n) is 4.26. The van der Waals surface area contributed by atoms with Crippen LogP contribution in [0.4, 0.5) is 0 Å². The molecule has 0 amide bonds. The quantitative estimate of drug-likeness (QED) is 0.638. The fourth-order valence-electron chi connectivity index (χ4n) is 1.25. The summed E-state index contributed by atoms with van der Waals surface area (Å²) in [6, 6.07) is 14.1. The molecule has 0 fully saturated rings. The lowest BCUT2D eigenvalue weighted by atomic mass is 10.1. The van der Waals surface area contributed by atoms with E-state index in [1.165, 1.54) is 5.56 Å². The first-order valence-corrected chi connectivity index (χ1v) is 4.26. The normalized spacial score (nSPS) is 9.92. The Labute approximate surface area is 78.1 Å². The molecule has 1 heterocycles. The molecule has 0 aliphatic carbocycles. The molecule has 2 rings (SSSR count). The number of aryl methyl sites for hydroxylation is 1. The number of hydrogen-bond donors (Lipinski definition) is 0. The van der Waals surface area contributed by atoms with Crippen molar-refractivity contribution in [2.24, 2.45) is 0 Å². The highest BCUT2D eigenvalue weighted by atomic mass is 14.7. The highest BCUT2D eigenvalue weighted by Gasteiger charge is 1.96. The Kier molecular flexibility index (Phi) is 2.09. The van der Waals surface area contributed by atoms with E-state index in [4.69, 9.17) is 0 Å². The zero-order valence-electron chi connectivity index (χ0n) is 7.49. The summed E-state index contributed by atoms with van der Waals surface area (Å²) in [4.78, 5) is 4.18. The molecule has 0 N–H and O–H groups in total. The van der Waals surface area contributed by atoms with Crippen LogP contribution < -0.4 is 0 Å². The van der Waals surface area contributed by atoms with Gasteiger partial charge in [-0.3, -0.25) is 0 Å². The summed E-state index contributed by atoms with van der Waals surface area (Å²) in [5, 5.41) is 0. The SMILES string of the molecule is Cc1c[c]nc(-c2ccccc2)c1. The minimum atomic E-state index is 0.987. The summed E-state index contributed by atoms with van der Waals surface area (Å²) in [5.41, 5.74) is 3.32. The monoisotopic (exact) mass is 168 g/mol. The van der Waals surface area contributed by atoms with Gasteiger partial charge in [0.1, 0.15) is 0 Å². The van der Waals surface area contributed by atoms with Crippen LogP contribution in [-0.2, 0) is 0 Å². The smallest absolute Gasteiger partial charge is 0.0896 e. The van der Waals surface area contributed by atoms with Crippen molar-refractivity contribution in [2.45, 2.75) is 6.92 Å². The van der Waals surface area contributed by atoms with Crippen molar-refractivity contribution in [2.75, 3.05) is 0 Å². The lowest BCUT2D eigenvalue weighted by Gasteiger charge is -1.99. The van der Waals surface area contributed by atoms with Crippen molar-refractivity contribution in [3.05, 3.63) is 54.2 Å². The molecule has 0 unspecified atom stereocenters. The van der Waals surface area contributed by atoms with E-state index in [9.17, 15) is 0 Å². The molecule has 0 spiro atoms. The molecule has 63 valence electrons. The van der Waals surface area contributed by atoms with Gasteiger partial charge in [-0.2, -0.15) is 0 Å². The van der Waals surface area contributed by atoms with Crippen molar-refractivity contribution in [3.8, 4) is 11.3 Å². The number of aromatic nitrogens is 1. The maximum atomic E-state index is 4.18. The van der Waals surface area contributed by atoms with Crippen molar-refractivity contribution >= 4 is 0 Å². The molecule has 0 aliphatic rings. The highest BCUT2D eigenvalue weighted by Crippen LogP contribution is 2.16. The molecule has 1 aromatic carbocycles. The summed E-state index contributed by atoms with van der Waals surface area (Å²) in [5.74, 6) is 0. The first kappa shape index (κ1) is 7.99. The average molecular weight is 168 g/mol. The number of pyridine rings is 1. The molecule has 1 aromatic heterocycles. The molecule has 0 aliphatic heterocycles. The second kappa shape index (κ2) is 3.40. The van der Waals surface area contributed by atoms with Gasteiger partial charge in [0.05, 0.1) is 11.9 Å². The van der Waals surface area contributed by atoms with E-state index < -0.39 is 0 Å². The maximum absolute atomic E-state index is 4.18. The van der Waals surface area contributed by atoms with E-state index in [1.807, 2.05) is 31.2 Å². The third-order valence-electron chi connectivity index (χ3n) is 1.91. The minimum Gasteiger partial charge on any atom is -0.246 e. The van der Waals surface area contributed by atoms with E-state index in [-0.39, 0.29) is 0 Å². The van der Waals surface area contributed by atoms with Crippen LogP contribution >= 0.6 is 0 Å². The highest BCUT2D eigenvalue weighted by molar-refractivity contribution is 5.59. The van der Waals surface area contributed by atoms with Gasteiger partial charge in [0.25, 0.3) is 0 Å². The Morgan fingerprint density at radius 3 is 2.62 bits per heavy atom. The molecule has 1 heteroatoms. The van der Waals surface area contributed by atoms with Gasteiger partial charge in [-0.05, 0) is 24.6 Å². The standard InChI is InChI=1S/C12H10N/c1-10-7-8-13-12(9-10)11-5-3-2-4-6-11/h2-7,9H,1H3. The van der Waals surface area contributed by atoms with Gasteiger partial charge in [-0.25, -0.2) is 4.98 Å². The van der Waals surface area contributed by atoms with E-state index in [0.717, 1.165) is 11.3 Å². The van der Waals surface area contributed by atoms with Crippen molar-refractivity contribution in [3.63, 3.8) is 0 Å². The van der Waals surface area contributed by atoms with E-state index in [0.29, 0.717) is 0 Å². The molecule has 13 heavy (non-hydrogen) atoms. The molecule has 0 saturated carbocycles. The lowest BCUT2D eigenvalue weighted by molar-refractivity contribution is 1.27. The Morgan fingerprint density at radius 1 is 1.15 bits per heavy atom. The van der Waals surface area contributed by atoms with Gasteiger partial charge in [-0.15, -0.1) is 0 Å². The fourth-order valence-corrected chi connectivity index (χ4v) is 1.25. The Hall–Kier alpha value is -1.63. The van der Waals surface area contributed by atoms with Crippen LogP contribution in [0.2, 0.25) is 0 Å². The van der Waals surface area contributed by atoms with Crippen molar-refractivity contribution in [1.29, 1.82) is 0 Å². The van der Waals surface area contributed by atoms with Crippen LogP contribution in [0.3, 0.4) is 0 Å². The maximum Gasteiger partial charge on any atom is 0.0896 e. The summed E-state index contributed by atoms with van der Waals surface area (Å²) < 4.78 is 0. The second-order valence-electron chi connectivity index (χ2n) is 3.02. The predicted octanol–water partition coefficient (Wildman–Crippen LogP) is 2.86. The lowest BCUT2D eigenvalue weighted by Crippen LogP contribution is -1.83. The van der Waals surface area contributed by atoms with Crippen molar-refractivity contribution < 1.29 is 0 Å². The number of hydrogen-bond acceptors (Lipinski definition) is 1. The third kappa shape index (κ3) is 1.75. The Balaban J connectivity index is 2.48.